The maximum Gasteiger partial charge on any atom is 0.0110 e. The minimum atomic E-state index is 0.885. The summed E-state index contributed by atoms with van der Waals surface area (Å²) in [6.07, 6.45) is 6.94. The van der Waals surface area contributed by atoms with Crippen LogP contribution in [-0.4, -0.2) is 10.5 Å². The van der Waals surface area contributed by atoms with Crippen LogP contribution in [0.15, 0.2) is 0 Å². The molecule has 1 rings (SSSR count). The van der Waals surface area contributed by atoms with E-state index < -0.39 is 0 Å². The van der Waals surface area contributed by atoms with Crippen LogP contribution in [0.3, 0.4) is 0 Å². The lowest BCUT2D eigenvalue weighted by atomic mass is 9.87. The van der Waals surface area contributed by atoms with Crippen molar-refractivity contribution < 1.29 is 0 Å². The van der Waals surface area contributed by atoms with E-state index in [0.29, 0.717) is 0 Å². The smallest absolute Gasteiger partial charge is 0.0110 e. The maximum absolute atomic E-state index is 5.49. The van der Waals surface area contributed by atoms with Crippen LogP contribution in [0.4, 0.5) is 0 Å². The van der Waals surface area contributed by atoms with Gasteiger partial charge in [0.1, 0.15) is 0 Å². The van der Waals surface area contributed by atoms with Gasteiger partial charge in [0.2, 0.25) is 0 Å². The predicted octanol–water partition coefficient (Wildman–Crippen LogP) is 2.33. The van der Waals surface area contributed by atoms with Crippen molar-refractivity contribution in [2.45, 2.75) is 36.0 Å². The van der Waals surface area contributed by atoms with Gasteiger partial charge in [-0.25, -0.2) is 0 Å². The van der Waals surface area contributed by atoms with E-state index in [-0.39, 0.29) is 0 Å². The van der Waals surface area contributed by atoms with Gasteiger partial charge in [-0.15, -0.1) is 0 Å². The van der Waals surface area contributed by atoms with E-state index in [9.17, 15) is 0 Å². The van der Waals surface area contributed by atoms with Crippen molar-refractivity contribution in [3.63, 3.8) is 0 Å². The van der Waals surface area contributed by atoms with Crippen molar-refractivity contribution in [2.24, 2.45) is 11.7 Å². The summed E-state index contributed by atoms with van der Waals surface area (Å²) in [6, 6.07) is 0. The van der Waals surface area contributed by atoms with Crippen molar-refractivity contribution in [2.75, 3.05) is 6.54 Å². The van der Waals surface area contributed by atoms with Crippen molar-refractivity contribution in [1.29, 1.82) is 0 Å². The summed E-state index contributed by atoms with van der Waals surface area (Å²) in [4.78, 5) is 0. The highest BCUT2D eigenvalue weighted by Crippen LogP contribution is 2.30. The van der Waals surface area contributed by atoms with Gasteiger partial charge in [0.25, 0.3) is 0 Å². The molecule has 1 saturated carbocycles. The molecule has 0 radical (unpaired) electrons. The van der Waals surface area contributed by atoms with Gasteiger partial charge in [0, 0.05) is 3.92 Å². The fourth-order valence-corrected chi connectivity index (χ4v) is 2.37. The third kappa shape index (κ3) is 2.74. The molecule has 0 saturated heterocycles. The summed E-state index contributed by atoms with van der Waals surface area (Å²) in [5.41, 5.74) is 5.49. The highest BCUT2D eigenvalue weighted by atomic mass is 127. The molecule has 1 aliphatic rings. The highest BCUT2D eigenvalue weighted by molar-refractivity contribution is 14.1. The summed E-state index contributed by atoms with van der Waals surface area (Å²) in [7, 11) is 0. The summed E-state index contributed by atoms with van der Waals surface area (Å²) in [5, 5.41) is 0. The second-order valence-corrected chi connectivity index (χ2v) is 4.96. The third-order valence-corrected chi connectivity index (χ3v) is 3.60. The molecule has 0 aliphatic heterocycles. The fourth-order valence-electron chi connectivity index (χ4n) is 1.65. The topological polar surface area (TPSA) is 26.0 Å². The second kappa shape index (κ2) is 4.54. The predicted molar refractivity (Wildman–Crippen MR) is 53.4 cm³/mol. The molecule has 0 bridgehead atoms. The van der Waals surface area contributed by atoms with Crippen LogP contribution in [0.1, 0.15) is 32.1 Å². The number of hydrogen-bond donors (Lipinski definition) is 1. The van der Waals surface area contributed by atoms with Gasteiger partial charge < -0.3 is 5.73 Å². The summed E-state index contributed by atoms with van der Waals surface area (Å²) in [5.74, 6) is 0.955. The number of halogens is 1. The summed E-state index contributed by atoms with van der Waals surface area (Å²) in [6.45, 7) is 0.885. The largest absolute Gasteiger partial charge is 0.330 e. The Morgan fingerprint density at radius 3 is 2.30 bits per heavy atom. The number of hydrogen-bond acceptors (Lipinski definition) is 1. The van der Waals surface area contributed by atoms with Gasteiger partial charge in [-0.2, -0.15) is 0 Å². The van der Waals surface area contributed by atoms with Crippen LogP contribution in [0.2, 0.25) is 0 Å². The molecule has 10 heavy (non-hydrogen) atoms. The Bertz CT molecular complexity index is 87.3. The van der Waals surface area contributed by atoms with Gasteiger partial charge >= 0.3 is 0 Å². The van der Waals surface area contributed by atoms with Crippen molar-refractivity contribution in [3.05, 3.63) is 0 Å². The summed E-state index contributed by atoms with van der Waals surface area (Å²) >= 11 is 2.56. The molecule has 2 N–H and O–H groups in total. The maximum atomic E-state index is 5.49. The molecule has 0 amide bonds. The van der Waals surface area contributed by atoms with E-state index in [0.717, 1.165) is 16.4 Å². The van der Waals surface area contributed by atoms with E-state index >= 15 is 0 Å². The quantitative estimate of drug-likeness (QED) is 0.593. The van der Waals surface area contributed by atoms with Crippen LogP contribution in [0, 0.1) is 5.92 Å². The van der Waals surface area contributed by atoms with Gasteiger partial charge in [-0.1, -0.05) is 22.6 Å². The van der Waals surface area contributed by atoms with Gasteiger partial charge in [-0.05, 0) is 44.6 Å². The number of alkyl halides is 1. The van der Waals surface area contributed by atoms with Gasteiger partial charge in [-0.3, -0.25) is 0 Å². The zero-order valence-electron chi connectivity index (χ0n) is 6.35. The van der Waals surface area contributed by atoms with E-state index in [1.165, 1.54) is 32.1 Å². The monoisotopic (exact) mass is 253 g/mol. The summed E-state index contributed by atoms with van der Waals surface area (Å²) < 4.78 is 0.951. The lowest BCUT2D eigenvalue weighted by Gasteiger charge is -2.24. The van der Waals surface area contributed by atoms with Crippen LogP contribution >= 0.6 is 22.6 Å². The number of rotatable bonds is 2. The lowest BCUT2D eigenvalue weighted by Crippen LogP contribution is -2.16. The molecule has 0 atom stereocenters. The Kier molecular flexibility index (Phi) is 3.99. The first-order valence-electron chi connectivity index (χ1n) is 4.17. The molecule has 0 heterocycles. The number of nitrogens with two attached hydrogens (primary N) is 1. The van der Waals surface area contributed by atoms with Crippen molar-refractivity contribution in [3.8, 4) is 0 Å². The first-order chi connectivity index (χ1) is 4.83. The standard InChI is InChI=1S/C8H16IN/c9-8-3-1-7(2-4-8)5-6-10/h7-8H,1-6,10H2. The molecular formula is C8H16IN. The van der Waals surface area contributed by atoms with E-state index in [2.05, 4.69) is 22.6 Å². The average molecular weight is 253 g/mol. The first kappa shape index (κ1) is 8.78. The zero-order valence-corrected chi connectivity index (χ0v) is 8.51. The minimum Gasteiger partial charge on any atom is -0.330 e. The Morgan fingerprint density at radius 1 is 1.20 bits per heavy atom. The lowest BCUT2D eigenvalue weighted by molar-refractivity contribution is 0.355. The molecule has 2 heteroatoms. The van der Waals surface area contributed by atoms with E-state index in [1.54, 1.807) is 0 Å². The van der Waals surface area contributed by atoms with Crippen LogP contribution < -0.4 is 5.73 Å². The van der Waals surface area contributed by atoms with Crippen molar-refractivity contribution in [1.82, 2.24) is 0 Å². The Morgan fingerprint density at radius 2 is 1.80 bits per heavy atom. The zero-order chi connectivity index (χ0) is 7.40. The molecule has 1 aliphatic carbocycles. The molecule has 0 aromatic rings. The van der Waals surface area contributed by atoms with E-state index in [4.69, 9.17) is 5.73 Å². The molecular weight excluding hydrogens is 237 g/mol. The average Bonchev–Trinajstić information content (AvgIpc) is 1.95. The minimum absolute atomic E-state index is 0.885. The van der Waals surface area contributed by atoms with Crippen LogP contribution in [-0.2, 0) is 0 Å². The van der Waals surface area contributed by atoms with Crippen molar-refractivity contribution >= 4 is 22.6 Å². The molecule has 60 valence electrons. The van der Waals surface area contributed by atoms with Gasteiger partial charge in [0.15, 0.2) is 0 Å². The van der Waals surface area contributed by atoms with Crippen LogP contribution in [0.5, 0.6) is 0 Å². The van der Waals surface area contributed by atoms with Gasteiger partial charge in [0.05, 0.1) is 0 Å². The third-order valence-electron chi connectivity index (χ3n) is 2.35. The molecule has 1 fully saturated rings. The Hall–Kier alpha value is 0.690. The fraction of sp³-hybridized carbons (Fsp3) is 1.00. The Labute approximate surface area is 76.9 Å². The second-order valence-electron chi connectivity index (χ2n) is 3.20. The van der Waals surface area contributed by atoms with E-state index in [1.807, 2.05) is 0 Å². The highest BCUT2D eigenvalue weighted by Gasteiger charge is 2.17. The molecule has 0 spiro atoms. The molecule has 1 nitrogen and oxygen atoms in total. The first-order valence-corrected chi connectivity index (χ1v) is 5.41. The molecule has 0 unspecified atom stereocenters. The SMILES string of the molecule is NCCC1CCC(I)CC1. The Balaban J connectivity index is 2.13. The molecule has 0 aromatic heterocycles. The normalized spacial score (nSPS) is 34.2. The molecule has 0 aromatic carbocycles. The van der Waals surface area contributed by atoms with Crippen LogP contribution in [0.25, 0.3) is 0 Å².